The molecule has 0 radical (unpaired) electrons. The van der Waals surface area contributed by atoms with Crippen LogP contribution in [0.25, 0.3) is 16.8 Å². The van der Waals surface area contributed by atoms with Crippen molar-refractivity contribution in [3.8, 4) is 11.5 Å². The number of aryl methyl sites for hydroxylation is 1. The van der Waals surface area contributed by atoms with E-state index in [0.29, 0.717) is 12.5 Å². The molecule has 6 heteroatoms. The summed E-state index contributed by atoms with van der Waals surface area (Å²) in [6.07, 6.45) is 10.9. The lowest BCUT2D eigenvalue weighted by Crippen LogP contribution is -3.00. The van der Waals surface area contributed by atoms with Crippen LogP contribution in [0, 0.1) is 5.92 Å². The van der Waals surface area contributed by atoms with E-state index >= 15 is 0 Å². The molecule has 5 nitrogen and oxygen atoms in total. The Bertz CT molecular complexity index is 1100. The second kappa shape index (κ2) is 6.17. The molecule has 4 aliphatic rings. The van der Waals surface area contributed by atoms with Gasteiger partial charge in [-0.15, -0.1) is 0 Å². The molecule has 1 N–H and O–H groups in total. The van der Waals surface area contributed by atoms with Gasteiger partial charge in [0.15, 0.2) is 34.4 Å². The number of halogens is 1. The Labute approximate surface area is 168 Å². The van der Waals surface area contributed by atoms with Gasteiger partial charge in [-0.2, -0.15) is 4.57 Å². The summed E-state index contributed by atoms with van der Waals surface area (Å²) < 4.78 is 19.0. The summed E-state index contributed by atoms with van der Waals surface area (Å²) in [6, 6.07) is 3.93. The largest absolute Gasteiger partial charge is 1.00 e. The van der Waals surface area contributed by atoms with E-state index in [1.54, 1.807) is 7.11 Å². The van der Waals surface area contributed by atoms with Crippen LogP contribution in [0.2, 0.25) is 0 Å². The van der Waals surface area contributed by atoms with Crippen LogP contribution in [0.5, 0.6) is 11.5 Å². The second-order valence-corrected chi connectivity index (χ2v) is 7.47. The number of aromatic hydroxyl groups is 1. The number of phenolic OH excluding ortho intramolecular Hbond substituents is 1. The van der Waals surface area contributed by atoms with Crippen LogP contribution >= 0.6 is 0 Å². The van der Waals surface area contributed by atoms with Crippen molar-refractivity contribution in [2.75, 3.05) is 13.9 Å². The van der Waals surface area contributed by atoms with Gasteiger partial charge in [0.2, 0.25) is 6.79 Å². The highest BCUT2D eigenvalue weighted by molar-refractivity contribution is 5.98. The molecule has 0 amide bonds. The van der Waals surface area contributed by atoms with Gasteiger partial charge in [-0.25, -0.2) is 0 Å². The summed E-state index contributed by atoms with van der Waals surface area (Å²) in [6.45, 7) is 1.27. The van der Waals surface area contributed by atoms with Gasteiger partial charge in [0.1, 0.15) is 6.54 Å². The fraction of sp³-hybridized carbons (Fsp3) is 0.318. The summed E-state index contributed by atoms with van der Waals surface area (Å²) in [4.78, 5) is 0. The monoisotopic (exact) mass is 397 g/mol. The number of allylic oxidation sites excluding steroid dienone is 3. The van der Waals surface area contributed by atoms with Gasteiger partial charge in [0, 0.05) is 24.1 Å². The van der Waals surface area contributed by atoms with Crippen LogP contribution in [0.15, 0.2) is 41.9 Å². The maximum Gasteiger partial charge on any atom is 0.231 e. The molecule has 28 heavy (non-hydrogen) atoms. The number of pyridine rings is 1. The van der Waals surface area contributed by atoms with Gasteiger partial charge in [-0.3, -0.25) is 0 Å². The highest BCUT2D eigenvalue weighted by Crippen LogP contribution is 2.46. The number of hydrogen-bond donors (Lipinski definition) is 1. The Balaban J connectivity index is 0.00000171. The summed E-state index contributed by atoms with van der Waals surface area (Å²) in [5, 5.41) is 12.9. The first-order chi connectivity index (χ1) is 13.3. The highest BCUT2D eigenvalue weighted by atomic mass is 35.5. The quantitative estimate of drug-likeness (QED) is 0.703. The van der Waals surface area contributed by atoms with E-state index in [1.807, 2.05) is 6.07 Å². The first-order valence-electron chi connectivity index (χ1n) is 9.42. The Kier molecular flexibility index (Phi) is 3.85. The second-order valence-electron chi connectivity index (χ2n) is 7.47. The zero-order valence-electron chi connectivity index (χ0n) is 15.4. The lowest BCUT2D eigenvalue weighted by molar-refractivity contribution is -0.698. The molecule has 0 saturated carbocycles. The van der Waals surface area contributed by atoms with Crippen LogP contribution in [0.4, 0.5) is 0 Å². The van der Waals surface area contributed by atoms with E-state index in [2.05, 4.69) is 34.9 Å². The number of hydrogen-bond acceptors (Lipinski definition) is 4. The van der Waals surface area contributed by atoms with Gasteiger partial charge in [-0.05, 0) is 24.3 Å². The zero-order valence-corrected chi connectivity index (χ0v) is 16.2. The minimum absolute atomic E-state index is 0. The fourth-order valence-electron chi connectivity index (χ4n) is 5.03. The lowest BCUT2D eigenvalue weighted by atomic mass is 9.77. The molecule has 2 aliphatic carbocycles. The molecule has 1 fully saturated rings. The van der Waals surface area contributed by atoms with Crippen molar-refractivity contribution in [1.29, 1.82) is 0 Å². The molecule has 1 aromatic heterocycles. The SMILES string of the molecule is COc1ccc2c3c([n+]4c(c2c1O)CCC4)[C@@H]1C=C2OCOC2=C[C@H]1C=C3.[Cl-]. The highest BCUT2D eigenvalue weighted by Gasteiger charge is 2.41. The standard InChI is InChI=1S/C22H19NO4.ClH/c1-25-17-7-6-13-14-5-4-12-9-18-19(27-11-26-18)10-15(12)21(14)23-8-2-3-16(23)20(13)22(17)24;/h4-7,9-10,12,15H,2-3,8,11H2,1H3;1H/t12-,15-;/m1./s1. The summed E-state index contributed by atoms with van der Waals surface area (Å²) >= 11 is 0. The van der Waals surface area contributed by atoms with Crippen LogP contribution < -0.4 is 21.7 Å². The number of aromatic nitrogens is 1. The van der Waals surface area contributed by atoms with Crippen molar-refractivity contribution in [3.05, 3.63) is 58.8 Å². The van der Waals surface area contributed by atoms with Gasteiger partial charge in [-0.1, -0.05) is 12.2 Å². The third kappa shape index (κ3) is 2.17. The average molecular weight is 398 g/mol. The topological polar surface area (TPSA) is 51.8 Å². The fourth-order valence-corrected chi connectivity index (χ4v) is 5.03. The number of nitrogens with zero attached hydrogens (tertiary/aromatic N) is 1. The van der Waals surface area contributed by atoms with Crippen LogP contribution in [0.3, 0.4) is 0 Å². The van der Waals surface area contributed by atoms with Gasteiger partial charge < -0.3 is 31.7 Å². The smallest absolute Gasteiger partial charge is 0.231 e. The first-order valence-corrected chi connectivity index (χ1v) is 9.42. The molecule has 0 unspecified atom stereocenters. The molecule has 0 bridgehead atoms. The Morgan fingerprint density at radius 3 is 2.82 bits per heavy atom. The van der Waals surface area contributed by atoms with Crippen LogP contribution in [-0.2, 0) is 22.4 Å². The zero-order chi connectivity index (χ0) is 18.1. The van der Waals surface area contributed by atoms with Crippen molar-refractivity contribution in [1.82, 2.24) is 0 Å². The minimum Gasteiger partial charge on any atom is -1.00 e. The summed E-state index contributed by atoms with van der Waals surface area (Å²) in [5.41, 5.74) is 3.69. The Hall–Kier alpha value is -2.66. The maximum absolute atomic E-state index is 10.9. The maximum atomic E-state index is 10.9. The van der Waals surface area contributed by atoms with E-state index in [4.69, 9.17) is 14.2 Å². The number of phenols is 1. The van der Waals surface area contributed by atoms with E-state index in [9.17, 15) is 5.11 Å². The van der Waals surface area contributed by atoms with E-state index in [1.165, 1.54) is 17.0 Å². The van der Waals surface area contributed by atoms with Crippen molar-refractivity contribution in [3.63, 3.8) is 0 Å². The van der Waals surface area contributed by atoms with E-state index in [0.717, 1.165) is 41.7 Å². The molecule has 1 saturated heterocycles. The Morgan fingerprint density at radius 2 is 2.00 bits per heavy atom. The molecule has 2 aliphatic heterocycles. The molecule has 2 atom stereocenters. The normalized spacial score (nSPS) is 23.3. The molecule has 6 rings (SSSR count). The molecule has 0 spiro atoms. The molecule has 1 aromatic carbocycles. The number of rotatable bonds is 1. The van der Waals surface area contributed by atoms with Crippen molar-refractivity contribution < 1.29 is 36.3 Å². The molecule has 144 valence electrons. The van der Waals surface area contributed by atoms with Crippen molar-refractivity contribution >= 4 is 16.8 Å². The third-order valence-corrected chi connectivity index (χ3v) is 6.19. The van der Waals surface area contributed by atoms with Crippen LogP contribution in [0.1, 0.15) is 29.3 Å². The predicted molar refractivity (Wildman–Crippen MR) is 99.1 cm³/mol. The van der Waals surface area contributed by atoms with E-state index < -0.39 is 0 Å². The first kappa shape index (κ1) is 17.4. The van der Waals surface area contributed by atoms with Crippen molar-refractivity contribution in [2.45, 2.75) is 25.3 Å². The lowest BCUT2D eigenvalue weighted by Gasteiger charge is -2.27. The third-order valence-electron chi connectivity index (χ3n) is 6.19. The summed E-state index contributed by atoms with van der Waals surface area (Å²) in [5.74, 6) is 2.96. The Morgan fingerprint density at radius 1 is 1.18 bits per heavy atom. The van der Waals surface area contributed by atoms with Crippen molar-refractivity contribution in [2.24, 2.45) is 5.92 Å². The average Bonchev–Trinajstić information content (AvgIpc) is 3.34. The van der Waals surface area contributed by atoms with E-state index in [-0.39, 0.29) is 30.0 Å². The van der Waals surface area contributed by atoms with Crippen LogP contribution in [-0.4, -0.2) is 19.0 Å². The predicted octanol–water partition coefficient (Wildman–Crippen LogP) is 0.304. The molecular formula is C22H20ClNO4. The number of ether oxygens (including phenoxy) is 3. The number of benzene rings is 1. The van der Waals surface area contributed by atoms with Gasteiger partial charge in [0.05, 0.1) is 24.0 Å². The van der Waals surface area contributed by atoms with Gasteiger partial charge in [0.25, 0.3) is 0 Å². The summed E-state index contributed by atoms with van der Waals surface area (Å²) in [7, 11) is 1.60. The number of fused-ring (bicyclic) bond motifs is 9. The molecule has 2 aromatic rings. The minimum atomic E-state index is 0. The van der Waals surface area contributed by atoms with Gasteiger partial charge >= 0.3 is 0 Å². The number of methoxy groups -OCH3 is 1. The molecule has 3 heterocycles. The molecular weight excluding hydrogens is 378 g/mol.